The van der Waals surface area contributed by atoms with Gasteiger partial charge < -0.3 is 5.73 Å². The minimum Gasteiger partial charge on any atom is -0.324 e. The molecule has 0 aromatic heterocycles. The van der Waals surface area contributed by atoms with E-state index in [1.807, 2.05) is 6.07 Å². The lowest BCUT2D eigenvalue weighted by Crippen LogP contribution is -2.14. The first-order valence-corrected chi connectivity index (χ1v) is 4.23. The molecule has 0 amide bonds. The summed E-state index contributed by atoms with van der Waals surface area (Å²) in [5, 5.41) is 0. The van der Waals surface area contributed by atoms with E-state index in [4.69, 9.17) is 5.73 Å². The molecular formula is C10H12FN. The molecule has 0 saturated carbocycles. The van der Waals surface area contributed by atoms with Crippen LogP contribution in [0.1, 0.15) is 24.1 Å². The van der Waals surface area contributed by atoms with Crippen molar-refractivity contribution in [2.75, 3.05) is 0 Å². The molecule has 2 atom stereocenters. The highest BCUT2D eigenvalue weighted by atomic mass is 19.1. The Labute approximate surface area is 71.4 Å². The van der Waals surface area contributed by atoms with Crippen molar-refractivity contribution in [3.8, 4) is 0 Å². The Bertz CT molecular complexity index is 309. The van der Waals surface area contributed by atoms with Gasteiger partial charge in [-0.05, 0) is 24.0 Å². The molecule has 1 aromatic rings. The number of nitrogens with two attached hydrogens (primary N) is 1. The predicted molar refractivity (Wildman–Crippen MR) is 46.2 cm³/mol. The Kier molecular flexibility index (Phi) is 1.65. The van der Waals surface area contributed by atoms with E-state index in [1.165, 1.54) is 6.07 Å². The van der Waals surface area contributed by atoms with Gasteiger partial charge in [-0.15, -0.1) is 0 Å². The van der Waals surface area contributed by atoms with Crippen LogP contribution in [0.25, 0.3) is 0 Å². The number of hydrogen-bond donors (Lipinski definition) is 1. The van der Waals surface area contributed by atoms with Gasteiger partial charge in [-0.1, -0.05) is 19.1 Å². The van der Waals surface area contributed by atoms with E-state index in [1.54, 1.807) is 6.07 Å². The number of benzene rings is 1. The van der Waals surface area contributed by atoms with Crippen molar-refractivity contribution in [1.29, 1.82) is 0 Å². The SMILES string of the molecule is CC1Cc2cccc(F)c2C1N. The molecular weight excluding hydrogens is 153 g/mol. The average molecular weight is 165 g/mol. The second kappa shape index (κ2) is 2.56. The lowest BCUT2D eigenvalue weighted by molar-refractivity contribution is 0.495. The molecule has 2 rings (SSSR count). The largest absolute Gasteiger partial charge is 0.324 e. The number of hydrogen-bond acceptors (Lipinski definition) is 1. The van der Waals surface area contributed by atoms with Crippen LogP contribution in [-0.2, 0) is 6.42 Å². The van der Waals surface area contributed by atoms with Gasteiger partial charge in [0.05, 0.1) is 0 Å². The minimum atomic E-state index is -0.149. The van der Waals surface area contributed by atoms with E-state index in [-0.39, 0.29) is 11.9 Å². The Morgan fingerprint density at radius 2 is 2.25 bits per heavy atom. The number of halogens is 1. The van der Waals surface area contributed by atoms with Crippen LogP contribution in [-0.4, -0.2) is 0 Å². The van der Waals surface area contributed by atoms with Gasteiger partial charge in [0.25, 0.3) is 0 Å². The molecule has 2 N–H and O–H groups in total. The zero-order chi connectivity index (χ0) is 8.72. The molecule has 1 aromatic carbocycles. The molecule has 64 valence electrons. The molecule has 0 fully saturated rings. The van der Waals surface area contributed by atoms with E-state index in [0.29, 0.717) is 5.92 Å². The van der Waals surface area contributed by atoms with Crippen molar-refractivity contribution < 1.29 is 4.39 Å². The summed E-state index contributed by atoms with van der Waals surface area (Å²) in [5.74, 6) is 0.223. The summed E-state index contributed by atoms with van der Waals surface area (Å²) in [6.45, 7) is 2.06. The molecule has 1 nitrogen and oxygen atoms in total. The summed E-state index contributed by atoms with van der Waals surface area (Å²) >= 11 is 0. The summed E-state index contributed by atoms with van der Waals surface area (Å²) in [4.78, 5) is 0. The zero-order valence-electron chi connectivity index (χ0n) is 7.05. The third-order valence-corrected chi connectivity index (χ3v) is 2.63. The van der Waals surface area contributed by atoms with Gasteiger partial charge in [-0.25, -0.2) is 4.39 Å². The first-order valence-electron chi connectivity index (χ1n) is 4.23. The van der Waals surface area contributed by atoms with Crippen LogP contribution in [0, 0.1) is 11.7 Å². The van der Waals surface area contributed by atoms with E-state index < -0.39 is 0 Å². The van der Waals surface area contributed by atoms with Gasteiger partial charge in [-0.2, -0.15) is 0 Å². The van der Waals surface area contributed by atoms with Crippen molar-refractivity contribution >= 4 is 0 Å². The molecule has 0 heterocycles. The molecule has 2 heteroatoms. The fraction of sp³-hybridized carbons (Fsp3) is 0.400. The quantitative estimate of drug-likeness (QED) is 0.625. The summed E-state index contributed by atoms with van der Waals surface area (Å²) in [6.07, 6.45) is 0.911. The van der Waals surface area contributed by atoms with Crippen molar-refractivity contribution in [2.24, 2.45) is 11.7 Å². The van der Waals surface area contributed by atoms with Crippen LogP contribution >= 0.6 is 0 Å². The molecule has 1 aliphatic carbocycles. The molecule has 12 heavy (non-hydrogen) atoms. The lowest BCUT2D eigenvalue weighted by Gasteiger charge is -2.09. The fourth-order valence-electron chi connectivity index (χ4n) is 1.89. The Morgan fingerprint density at radius 3 is 2.92 bits per heavy atom. The zero-order valence-corrected chi connectivity index (χ0v) is 7.05. The minimum absolute atomic E-state index is 0.110. The summed E-state index contributed by atoms with van der Waals surface area (Å²) in [5.41, 5.74) is 7.66. The first kappa shape index (κ1) is 7.74. The molecule has 2 unspecified atom stereocenters. The maximum Gasteiger partial charge on any atom is 0.128 e. The van der Waals surface area contributed by atoms with E-state index in [0.717, 1.165) is 17.5 Å². The van der Waals surface area contributed by atoms with E-state index in [2.05, 4.69) is 6.92 Å². The lowest BCUT2D eigenvalue weighted by atomic mass is 10.0. The van der Waals surface area contributed by atoms with Gasteiger partial charge in [0, 0.05) is 11.6 Å². The molecule has 0 bridgehead atoms. The van der Waals surface area contributed by atoms with Gasteiger partial charge in [0.1, 0.15) is 5.82 Å². The summed E-state index contributed by atoms with van der Waals surface area (Å²) in [6, 6.07) is 5.08. The van der Waals surface area contributed by atoms with Crippen molar-refractivity contribution in [1.82, 2.24) is 0 Å². The van der Waals surface area contributed by atoms with Gasteiger partial charge in [-0.3, -0.25) is 0 Å². The van der Waals surface area contributed by atoms with Crippen molar-refractivity contribution in [3.05, 3.63) is 35.1 Å². The Hall–Kier alpha value is -0.890. The summed E-state index contributed by atoms with van der Waals surface area (Å²) in [7, 11) is 0. The van der Waals surface area contributed by atoms with E-state index >= 15 is 0 Å². The topological polar surface area (TPSA) is 26.0 Å². The molecule has 0 radical (unpaired) electrons. The monoisotopic (exact) mass is 165 g/mol. The smallest absolute Gasteiger partial charge is 0.128 e. The molecule has 0 aliphatic heterocycles. The van der Waals surface area contributed by atoms with Crippen LogP contribution in [0.2, 0.25) is 0 Å². The van der Waals surface area contributed by atoms with E-state index in [9.17, 15) is 4.39 Å². The Morgan fingerprint density at radius 1 is 1.50 bits per heavy atom. The third kappa shape index (κ3) is 0.950. The molecule has 0 spiro atoms. The van der Waals surface area contributed by atoms with Crippen LogP contribution in [0.3, 0.4) is 0 Å². The normalized spacial score (nSPS) is 27.2. The standard InChI is InChI=1S/C10H12FN/c1-6-5-7-3-2-4-8(11)9(7)10(6)12/h2-4,6,10H,5,12H2,1H3. The predicted octanol–water partition coefficient (Wildman–Crippen LogP) is 2.02. The van der Waals surface area contributed by atoms with Crippen molar-refractivity contribution in [2.45, 2.75) is 19.4 Å². The van der Waals surface area contributed by atoms with Gasteiger partial charge in [0.15, 0.2) is 0 Å². The molecule has 0 saturated heterocycles. The van der Waals surface area contributed by atoms with Gasteiger partial charge >= 0.3 is 0 Å². The summed E-state index contributed by atoms with van der Waals surface area (Å²) < 4.78 is 13.2. The molecule has 1 aliphatic rings. The van der Waals surface area contributed by atoms with Crippen LogP contribution < -0.4 is 5.73 Å². The Balaban J connectivity index is 2.55. The van der Waals surface area contributed by atoms with Crippen LogP contribution in [0.5, 0.6) is 0 Å². The second-order valence-corrected chi connectivity index (χ2v) is 3.52. The fourth-order valence-corrected chi connectivity index (χ4v) is 1.89. The van der Waals surface area contributed by atoms with Gasteiger partial charge in [0.2, 0.25) is 0 Å². The third-order valence-electron chi connectivity index (χ3n) is 2.63. The maximum absolute atomic E-state index is 13.2. The van der Waals surface area contributed by atoms with Crippen LogP contribution in [0.15, 0.2) is 18.2 Å². The van der Waals surface area contributed by atoms with Crippen molar-refractivity contribution in [3.63, 3.8) is 0 Å². The highest BCUT2D eigenvalue weighted by Gasteiger charge is 2.28. The maximum atomic E-state index is 13.2. The average Bonchev–Trinajstić information content (AvgIpc) is 2.29. The highest BCUT2D eigenvalue weighted by molar-refractivity contribution is 5.36. The highest BCUT2D eigenvalue weighted by Crippen LogP contribution is 2.35. The number of fused-ring (bicyclic) bond motifs is 1. The second-order valence-electron chi connectivity index (χ2n) is 3.52. The van der Waals surface area contributed by atoms with Crippen LogP contribution in [0.4, 0.5) is 4.39 Å². The number of rotatable bonds is 0. The first-order chi connectivity index (χ1) is 5.70.